The van der Waals surface area contributed by atoms with Crippen molar-refractivity contribution in [3.8, 4) is 5.69 Å². The summed E-state index contributed by atoms with van der Waals surface area (Å²) in [6, 6.07) is 6.90. The average molecular weight is 303 g/mol. The van der Waals surface area contributed by atoms with E-state index in [4.69, 9.17) is 9.84 Å². The first-order valence-electron chi connectivity index (χ1n) is 6.70. The number of aliphatic carboxylic acids is 1. The van der Waals surface area contributed by atoms with Gasteiger partial charge in [-0.1, -0.05) is 0 Å². The number of rotatable bonds is 7. The number of aromatic nitrogens is 2. The van der Waals surface area contributed by atoms with Gasteiger partial charge in [0, 0.05) is 37.3 Å². The first-order valence-corrected chi connectivity index (χ1v) is 6.70. The molecule has 0 fully saturated rings. The number of hydrogen-bond donors (Lipinski definition) is 1. The summed E-state index contributed by atoms with van der Waals surface area (Å²) < 4.78 is 6.72. The van der Waals surface area contributed by atoms with Crippen LogP contribution in [-0.2, 0) is 9.53 Å². The molecule has 1 aromatic heterocycles. The molecule has 1 heterocycles. The number of carbonyl (C=O) groups is 2. The van der Waals surface area contributed by atoms with Crippen molar-refractivity contribution in [2.24, 2.45) is 0 Å². The normalized spacial score (nSPS) is 10.4. The van der Waals surface area contributed by atoms with E-state index < -0.39 is 5.97 Å². The molecule has 0 spiro atoms. The fourth-order valence-corrected chi connectivity index (χ4v) is 1.99. The molecule has 116 valence electrons. The van der Waals surface area contributed by atoms with E-state index in [1.165, 1.54) is 12.0 Å². The Morgan fingerprint density at radius 1 is 1.32 bits per heavy atom. The number of imidazole rings is 1. The molecule has 22 heavy (non-hydrogen) atoms. The molecule has 0 saturated heterocycles. The summed E-state index contributed by atoms with van der Waals surface area (Å²) in [6.07, 6.45) is 5.12. The van der Waals surface area contributed by atoms with Crippen LogP contribution in [0.1, 0.15) is 10.4 Å². The molecular weight excluding hydrogens is 286 g/mol. The summed E-state index contributed by atoms with van der Waals surface area (Å²) in [7, 11) is 1.50. The number of hydrogen-bond acceptors (Lipinski definition) is 4. The van der Waals surface area contributed by atoms with Gasteiger partial charge in [-0.3, -0.25) is 9.59 Å². The van der Waals surface area contributed by atoms with E-state index >= 15 is 0 Å². The Balaban J connectivity index is 2.13. The highest BCUT2D eigenvalue weighted by Gasteiger charge is 2.18. The number of methoxy groups -OCH3 is 1. The van der Waals surface area contributed by atoms with Gasteiger partial charge in [0.15, 0.2) is 0 Å². The predicted molar refractivity (Wildman–Crippen MR) is 79.0 cm³/mol. The lowest BCUT2D eigenvalue weighted by atomic mass is 10.1. The van der Waals surface area contributed by atoms with Gasteiger partial charge in [-0.25, -0.2) is 4.98 Å². The highest BCUT2D eigenvalue weighted by Crippen LogP contribution is 2.11. The average Bonchev–Trinajstić information content (AvgIpc) is 3.05. The van der Waals surface area contributed by atoms with E-state index in [0.717, 1.165) is 5.69 Å². The van der Waals surface area contributed by atoms with Crippen LogP contribution in [0.2, 0.25) is 0 Å². The molecule has 0 saturated carbocycles. The number of carbonyl (C=O) groups excluding carboxylic acids is 1. The minimum absolute atomic E-state index is 0.227. The first kappa shape index (κ1) is 15.7. The van der Waals surface area contributed by atoms with Crippen molar-refractivity contribution in [1.29, 1.82) is 0 Å². The number of amides is 1. The third-order valence-corrected chi connectivity index (χ3v) is 3.10. The van der Waals surface area contributed by atoms with Crippen molar-refractivity contribution in [2.75, 3.05) is 26.8 Å². The van der Waals surface area contributed by atoms with E-state index in [-0.39, 0.29) is 25.6 Å². The van der Waals surface area contributed by atoms with E-state index in [9.17, 15) is 9.59 Å². The minimum atomic E-state index is -1.06. The maximum atomic E-state index is 12.4. The van der Waals surface area contributed by atoms with Gasteiger partial charge in [-0.2, -0.15) is 0 Å². The molecule has 0 aliphatic heterocycles. The van der Waals surface area contributed by atoms with Gasteiger partial charge in [0.1, 0.15) is 6.54 Å². The summed E-state index contributed by atoms with van der Waals surface area (Å²) in [5.74, 6) is -1.39. The summed E-state index contributed by atoms with van der Waals surface area (Å²) in [4.78, 5) is 28.5. The molecule has 0 bridgehead atoms. The zero-order valence-corrected chi connectivity index (χ0v) is 12.2. The summed E-state index contributed by atoms with van der Waals surface area (Å²) in [6.45, 7) is 0.155. The molecule has 0 unspecified atom stereocenters. The maximum Gasteiger partial charge on any atom is 0.323 e. The van der Waals surface area contributed by atoms with E-state index in [2.05, 4.69) is 4.98 Å². The second-order valence-corrected chi connectivity index (χ2v) is 4.63. The van der Waals surface area contributed by atoms with Crippen LogP contribution in [0.25, 0.3) is 5.69 Å². The van der Waals surface area contributed by atoms with E-state index in [1.54, 1.807) is 43.0 Å². The Hall–Kier alpha value is -2.67. The van der Waals surface area contributed by atoms with Crippen LogP contribution in [-0.4, -0.2) is 58.2 Å². The predicted octanol–water partition coefficient (Wildman–Crippen LogP) is 1.05. The van der Waals surface area contributed by atoms with Gasteiger partial charge >= 0.3 is 5.97 Å². The quantitative estimate of drug-likeness (QED) is 0.826. The third-order valence-electron chi connectivity index (χ3n) is 3.10. The number of benzene rings is 1. The van der Waals surface area contributed by atoms with Crippen molar-refractivity contribution in [2.45, 2.75) is 0 Å². The van der Waals surface area contributed by atoms with Gasteiger partial charge < -0.3 is 19.3 Å². The zero-order valence-electron chi connectivity index (χ0n) is 12.2. The molecule has 7 heteroatoms. The Morgan fingerprint density at radius 3 is 2.59 bits per heavy atom. The highest BCUT2D eigenvalue weighted by atomic mass is 16.5. The van der Waals surface area contributed by atoms with Crippen LogP contribution in [0.3, 0.4) is 0 Å². The van der Waals surface area contributed by atoms with Gasteiger partial charge in [0.2, 0.25) is 0 Å². The molecule has 2 aromatic rings. The Morgan fingerprint density at radius 2 is 2.05 bits per heavy atom. The van der Waals surface area contributed by atoms with Gasteiger partial charge in [0.25, 0.3) is 5.91 Å². The molecule has 2 rings (SSSR count). The molecule has 0 aliphatic rings. The number of carboxylic acid groups (broad SMARTS) is 1. The fourth-order valence-electron chi connectivity index (χ4n) is 1.99. The molecule has 7 nitrogen and oxygen atoms in total. The standard InChI is InChI=1S/C15H17N3O4/c1-22-9-8-17(10-14(19)20)15(21)12-2-4-13(5-3-12)18-7-6-16-11-18/h2-7,11H,8-10H2,1H3,(H,19,20). The van der Waals surface area contributed by atoms with Crippen LogP contribution in [0.4, 0.5) is 0 Å². The van der Waals surface area contributed by atoms with Crippen molar-refractivity contribution in [3.05, 3.63) is 48.5 Å². The summed E-state index contributed by atoms with van der Waals surface area (Å²) >= 11 is 0. The third kappa shape index (κ3) is 3.92. The Bertz CT molecular complexity index is 623. The van der Waals surface area contributed by atoms with Crippen molar-refractivity contribution in [1.82, 2.24) is 14.5 Å². The lowest BCUT2D eigenvalue weighted by Crippen LogP contribution is -2.38. The molecule has 1 N–H and O–H groups in total. The second-order valence-electron chi connectivity index (χ2n) is 4.63. The van der Waals surface area contributed by atoms with Gasteiger partial charge in [-0.15, -0.1) is 0 Å². The second kappa shape index (κ2) is 7.37. The lowest BCUT2D eigenvalue weighted by molar-refractivity contribution is -0.137. The SMILES string of the molecule is COCCN(CC(=O)O)C(=O)c1ccc(-n2ccnc2)cc1. The monoisotopic (exact) mass is 303 g/mol. The minimum Gasteiger partial charge on any atom is -0.480 e. The zero-order chi connectivity index (χ0) is 15.9. The van der Waals surface area contributed by atoms with Gasteiger partial charge in [-0.05, 0) is 24.3 Å². The van der Waals surface area contributed by atoms with Crippen molar-refractivity contribution >= 4 is 11.9 Å². The molecule has 0 atom stereocenters. The van der Waals surface area contributed by atoms with Crippen LogP contribution >= 0.6 is 0 Å². The number of ether oxygens (including phenoxy) is 1. The topological polar surface area (TPSA) is 84.7 Å². The summed E-state index contributed by atoms with van der Waals surface area (Å²) in [5, 5.41) is 8.90. The molecule has 1 aromatic carbocycles. The maximum absolute atomic E-state index is 12.4. The van der Waals surface area contributed by atoms with Crippen molar-refractivity contribution in [3.63, 3.8) is 0 Å². The number of nitrogens with zero attached hydrogens (tertiary/aromatic N) is 3. The highest BCUT2D eigenvalue weighted by molar-refractivity contribution is 5.96. The Kier molecular flexibility index (Phi) is 5.26. The molecule has 1 amide bonds. The van der Waals surface area contributed by atoms with Crippen molar-refractivity contribution < 1.29 is 19.4 Å². The smallest absolute Gasteiger partial charge is 0.323 e. The van der Waals surface area contributed by atoms with E-state index in [0.29, 0.717) is 5.56 Å². The first-order chi connectivity index (χ1) is 10.6. The Labute approximate surface area is 127 Å². The van der Waals surface area contributed by atoms with Crippen LogP contribution in [0.5, 0.6) is 0 Å². The molecule has 0 radical (unpaired) electrons. The summed E-state index contributed by atoms with van der Waals surface area (Å²) in [5.41, 5.74) is 1.30. The van der Waals surface area contributed by atoms with Crippen LogP contribution in [0, 0.1) is 0 Å². The fraction of sp³-hybridized carbons (Fsp3) is 0.267. The molecule has 0 aliphatic carbocycles. The largest absolute Gasteiger partial charge is 0.480 e. The molecular formula is C15H17N3O4. The van der Waals surface area contributed by atoms with Crippen LogP contribution < -0.4 is 0 Å². The van der Waals surface area contributed by atoms with E-state index in [1.807, 2.05) is 4.57 Å². The van der Waals surface area contributed by atoms with Crippen LogP contribution in [0.15, 0.2) is 43.0 Å². The number of carboxylic acids is 1. The lowest BCUT2D eigenvalue weighted by Gasteiger charge is -2.20. The van der Waals surface area contributed by atoms with Gasteiger partial charge in [0.05, 0.1) is 12.9 Å².